The lowest BCUT2D eigenvalue weighted by Gasteiger charge is -2.21. The number of nitrogens with zero attached hydrogens (tertiary/aromatic N) is 2. The molecule has 1 atom stereocenters. The van der Waals surface area contributed by atoms with Crippen LogP contribution in [0.4, 0.5) is 0 Å². The molecule has 1 aliphatic carbocycles. The quantitative estimate of drug-likeness (QED) is 0.805. The lowest BCUT2D eigenvalue weighted by atomic mass is 9.95. The van der Waals surface area contributed by atoms with E-state index in [1.807, 2.05) is 24.3 Å². The van der Waals surface area contributed by atoms with Crippen LogP contribution in [0.3, 0.4) is 0 Å². The molecule has 6 nitrogen and oxygen atoms in total. The standard InChI is InChI=1S/C17H23N3O3/c21-15(10-18-14-4-2-1-3-5-14)11-22-16-8-6-13(7-9-16)17-20-19-12-23-17/h6-9,12,14-15,18,21H,1-5,10-11H2/p+1/t15-/m1/s1. The van der Waals surface area contributed by atoms with E-state index in [4.69, 9.17) is 9.15 Å². The first-order chi connectivity index (χ1) is 11.3. The molecule has 3 N–H and O–H groups in total. The van der Waals surface area contributed by atoms with Gasteiger partial charge in [0.25, 0.3) is 0 Å². The Labute approximate surface area is 135 Å². The zero-order valence-electron chi connectivity index (χ0n) is 13.2. The summed E-state index contributed by atoms with van der Waals surface area (Å²) in [5.41, 5.74) is 0.848. The van der Waals surface area contributed by atoms with Crippen LogP contribution in [0.15, 0.2) is 35.1 Å². The van der Waals surface area contributed by atoms with E-state index in [1.54, 1.807) is 0 Å². The molecule has 0 unspecified atom stereocenters. The number of rotatable bonds is 7. The Morgan fingerprint density at radius 2 is 2.00 bits per heavy atom. The number of quaternary nitrogens is 1. The highest BCUT2D eigenvalue weighted by Gasteiger charge is 2.18. The van der Waals surface area contributed by atoms with Gasteiger partial charge in [-0.1, -0.05) is 6.42 Å². The van der Waals surface area contributed by atoms with Gasteiger partial charge in [0, 0.05) is 5.56 Å². The third-order valence-electron chi connectivity index (χ3n) is 4.30. The summed E-state index contributed by atoms with van der Waals surface area (Å²) < 4.78 is 10.8. The van der Waals surface area contributed by atoms with Gasteiger partial charge in [0.1, 0.15) is 25.0 Å². The summed E-state index contributed by atoms with van der Waals surface area (Å²) in [6, 6.07) is 8.09. The highest BCUT2D eigenvalue weighted by atomic mass is 16.5. The summed E-state index contributed by atoms with van der Waals surface area (Å²) in [4.78, 5) is 0. The van der Waals surface area contributed by atoms with Crippen LogP contribution < -0.4 is 10.1 Å². The summed E-state index contributed by atoms with van der Waals surface area (Å²) in [5, 5.41) is 19.8. The van der Waals surface area contributed by atoms with Crippen molar-refractivity contribution in [3.05, 3.63) is 30.7 Å². The smallest absolute Gasteiger partial charge is 0.247 e. The SMILES string of the molecule is O[C@H](C[NH2+]C1CCCCC1)COc1ccc(-c2nnco2)cc1. The lowest BCUT2D eigenvalue weighted by Crippen LogP contribution is -2.92. The summed E-state index contributed by atoms with van der Waals surface area (Å²) in [6.07, 6.45) is 7.39. The second kappa shape index (κ2) is 8.08. The van der Waals surface area contributed by atoms with E-state index >= 15 is 0 Å². The third-order valence-corrected chi connectivity index (χ3v) is 4.30. The predicted molar refractivity (Wildman–Crippen MR) is 84.9 cm³/mol. The summed E-state index contributed by atoms with van der Waals surface area (Å²) in [7, 11) is 0. The van der Waals surface area contributed by atoms with Crippen molar-refractivity contribution < 1.29 is 19.6 Å². The maximum atomic E-state index is 10.1. The molecular weight excluding hydrogens is 294 g/mol. The number of hydrogen-bond acceptors (Lipinski definition) is 5. The van der Waals surface area contributed by atoms with Gasteiger partial charge in [0.2, 0.25) is 12.3 Å². The van der Waals surface area contributed by atoms with E-state index in [0.717, 1.165) is 11.3 Å². The molecule has 2 aromatic rings. The average Bonchev–Trinajstić information content (AvgIpc) is 3.14. The molecule has 0 bridgehead atoms. The Morgan fingerprint density at radius 3 is 2.70 bits per heavy atom. The Kier molecular flexibility index (Phi) is 5.60. The molecule has 3 rings (SSSR count). The van der Waals surface area contributed by atoms with Crippen molar-refractivity contribution in [2.45, 2.75) is 44.2 Å². The van der Waals surface area contributed by atoms with Crippen molar-refractivity contribution in [3.8, 4) is 17.2 Å². The van der Waals surface area contributed by atoms with Crippen LogP contribution in [-0.2, 0) is 0 Å². The minimum Gasteiger partial charge on any atom is -0.491 e. The Bertz CT molecular complexity index is 565. The minimum atomic E-state index is -0.451. The van der Waals surface area contributed by atoms with Crippen LogP contribution in [-0.4, -0.2) is 40.6 Å². The van der Waals surface area contributed by atoms with Gasteiger partial charge in [-0.05, 0) is 49.9 Å². The Hall–Kier alpha value is -1.92. The third kappa shape index (κ3) is 4.77. The zero-order valence-corrected chi connectivity index (χ0v) is 13.2. The Balaban J connectivity index is 1.40. The normalized spacial score (nSPS) is 17.1. The van der Waals surface area contributed by atoms with Crippen molar-refractivity contribution in [2.75, 3.05) is 13.2 Å². The van der Waals surface area contributed by atoms with Crippen LogP contribution in [0.25, 0.3) is 11.5 Å². The van der Waals surface area contributed by atoms with Gasteiger partial charge in [-0.2, -0.15) is 0 Å². The minimum absolute atomic E-state index is 0.309. The summed E-state index contributed by atoms with van der Waals surface area (Å²) in [6.45, 7) is 1.01. The van der Waals surface area contributed by atoms with E-state index in [2.05, 4.69) is 15.5 Å². The van der Waals surface area contributed by atoms with Crippen LogP contribution in [0.2, 0.25) is 0 Å². The van der Waals surface area contributed by atoms with Gasteiger partial charge in [-0.3, -0.25) is 0 Å². The van der Waals surface area contributed by atoms with Crippen molar-refractivity contribution in [2.24, 2.45) is 0 Å². The van der Waals surface area contributed by atoms with E-state index in [0.29, 0.717) is 25.1 Å². The van der Waals surface area contributed by atoms with Crippen molar-refractivity contribution in [3.63, 3.8) is 0 Å². The number of aliphatic hydroxyl groups excluding tert-OH is 1. The van der Waals surface area contributed by atoms with Crippen molar-refractivity contribution >= 4 is 0 Å². The molecule has 0 amide bonds. The van der Waals surface area contributed by atoms with Crippen LogP contribution in [0.5, 0.6) is 5.75 Å². The second-order valence-electron chi connectivity index (χ2n) is 6.10. The number of aliphatic hydroxyl groups is 1. The fourth-order valence-electron chi connectivity index (χ4n) is 2.97. The van der Waals surface area contributed by atoms with Gasteiger partial charge >= 0.3 is 0 Å². The lowest BCUT2D eigenvalue weighted by molar-refractivity contribution is -0.697. The molecule has 0 aliphatic heterocycles. The number of aromatic nitrogens is 2. The van der Waals surface area contributed by atoms with E-state index in [-0.39, 0.29) is 0 Å². The first-order valence-electron chi connectivity index (χ1n) is 8.32. The summed E-state index contributed by atoms with van der Waals surface area (Å²) >= 11 is 0. The highest BCUT2D eigenvalue weighted by molar-refractivity contribution is 5.53. The van der Waals surface area contributed by atoms with Gasteiger partial charge in [0.15, 0.2) is 0 Å². The number of hydrogen-bond donors (Lipinski definition) is 2. The summed E-state index contributed by atoms with van der Waals surface area (Å²) in [5.74, 6) is 1.21. The maximum absolute atomic E-state index is 10.1. The molecule has 1 aliphatic rings. The molecule has 0 saturated heterocycles. The number of ether oxygens (including phenoxy) is 1. The molecule has 1 heterocycles. The molecule has 1 fully saturated rings. The van der Waals surface area contributed by atoms with E-state index < -0.39 is 6.10 Å². The van der Waals surface area contributed by atoms with E-state index in [1.165, 1.54) is 38.5 Å². The van der Waals surface area contributed by atoms with Gasteiger partial charge in [-0.25, -0.2) is 0 Å². The topological polar surface area (TPSA) is 85.0 Å². The first kappa shape index (κ1) is 16.0. The van der Waals surface area contributed by atoms with Gasteiger partial charge in [0.05, 0.1) is 6.04 Å². The number of benzene rings is 1. The molecule has 6 heteroatoms. The molecule has 0 radical (unpaired) electrons. The molecule has 1 aromatic heterocycles. The van der Waals surface area contributed by atoms with Gasteiger partial charge in [-0.15, -0.1) is 10.2 Å². The van der Waals surface area contributed by atoms with Crippen molar-refractivity contribution in [1.82, 2.24) is 10.2 Å². The molecule has 1 saturated carbocycles. The predicted octanol–water partition coefficient (Wildman–Crippen LogP) is 1.37. The molecule has 23 heavy (non-hydrogen) atoms. The molecule has 0 spiro atoms. The van der Waals surface area contributed by atoms with Crippen LogP contribution in [0, 0.1) is 0 Å². The second-order valence-corrected chi connectivity index (χ2v) is 6.10. The molecule has 124 valence electrons. The number of nitrogens with two attached hydrogens (primary N) is 1. The van der Waals surface area contributed by atoms with E-state index in [9.17, 15) is 5.11 Å². The fourth-order valence-corrected chi connectivity index (χ4v) is 2.97. The zero-order chi connectivity index (χ0) is 15.9. The average molecular weight is 318 g/mol. The monoisotopic (exact) mass is 318 g/mol. The van der Waals surface area contributed by atoms with Crippen molar-refractivity contribution in [1.29, 1.82) is 0 Å². The Morgan fingerprint density at radius 1 is 1.22 bits per heavy atom. The molecular formula is C17H24N3O3+. The first-order valence-corrected chi connectivity index (χ1v) is 8.32. The largest absolute Gasteiger partial charge is 0.491 e. The fraction of sp³-hybridized carbons (Fsp3) is 0.529. The van der Waals surface area contributed by atoms with Gasteiger partial charge < -0.3 is 19.6 Å². The van der Waals surface area contributed by atoms with Crippen LogP contribution in [0.1, 0.15) is 32.1 Å². The van der Waals surface area contributed by atoms with Crippen LogP contribution >= 0.6 is 0 Å². The highest BCUT2D eigenvalue weighted by Crippen LogP contribution is 2.20. The maximum Gasteiger partial charge on any atom is 0.247 e. The molecule has 1 aromatic carbocycles.